The van der Waals surface area contributed by atoms with E-state index < -0.39 is 9.84 Å². The predicted octanol–water partition coefficient (Wildman–Crippen LogP) is 2.32. The Bertz CT molecular complexity index is 474. The number of halogens is 1. The van der Waals surface area contributed by atoms with Crippen LogP contribution in [0.2, 0.25) is 0 Å². The first-order chi connectivity index (χ1) is 7.94. The van der Waals surface area contributed by atoms with Crippen molar-refractivity contribution in [1.82, 2.24) is 0 Å². The average Bonchev–Trinajstić information content (AvgIpc) is 2.21. The average molecular weight is 277 g/mol. The lowest BCUT2D eigenvalue weighted by molar-refractivity contribution is 0.596. The molecule has 0 saturated carbocycles. The first kappa shape index (κ1) is 14.3. The molecule has 0 heterocycles. The van der Waals surface area contributed by atoms with Crippen LogP contribution in [-0.4, -0.2) is 25.7 Å². The van der Waals surface area contributed by atoms with Crippen molar-refractivity contribution in [2.45, 2.75) is 18.2 Å². The Morgan fingerprint density at radius 3 is 2.65 bits per heavy atom. The quantitative estimate of drug-likeness (QED) is 0.640. The van der Waals surface area contributed by atoms with Crippen LogP contribution in [0.15, 0.2) is 23.1 Å². The standard InChI is InChI=1S/C11H16FNO2S2/c1-2-6-17(14,15)7-5-16-11-4-3-9(12)8-10(11)13/h3-4,8H,2,5-7,13H2,1H3. The maximum Gasteiger partial charge on any atom is 0.151 e. The van der Waals surface area contributed by atoms with Gasteiger partial charge >= 0.3 is 0 Å². The summed E-state index contributed by atoms with van der Waals surface area (Å²) in [6, 6.07) is 4.13. The largest absolute Gasteiger partial charge is 0.398 e. The highest BCUT2D eigenvalue weighted by atomic mass is 32.2. The molecule has 1 rings (SSSR count). The molecule has 17 heavy (non-hydrogen) atoms. The monoisotopic (exact) mass is 277 g/mol. The summed E-state index contributed by atoms with van der Waals surface area (Å²) >= 11 is 1.34. The number of nitrogen functional groups attached to an aromatic ring is 1. The maximum atomic E-state index is 12.8. The fraction of sp³-hybridized carbons (Fsp3) is 0.455. The normalized spacial score (nSPS) is 11.6. The van der Waals surface area contributed by atoms with Gasteiger partial charge in [-0.3, -0.25) is 0 Å². The van der Waals surface area contributed by atoms with Crippen LogP contribution >= 0.6 is 11.8 Å². The van der Waals surface area contributed by atoms with Crippen molar-refractivity contribution < 1.29 is 12.8 Å². The van der Waals surface area contributed by atoms with E-state index >= 15 is 0 Å². The summed E-state index contributed by atoms with van der Waals surface area (Å²) in [7, 11) is -2.96. The van der Waals surface area contributed by atoms with Gasteiger partial charge in [-0.2, -0.15) is 0 Å². The minimum atomic E-state index is -2.96. The molecule has 0 saturated heterocycles. The minimum Gasteiger partial charge on any atom is -0.398 e. The molecule has 2 N–H and O–H groups in total. The summed E-state index contributed by atoms with van der Waals surface area (Å²) in [5, 5.41) is 0. The zero-order valence-electron chi connectivity index (χ0n) is 9.65. The van der Waals surface area contributed by atoms with Gasteiger partial charge in [0.15, 0.2) is 9.84 Å². The maximum absolute atomic E-state index is 12.8. The van der Waals surface area contributed by atoms with E-state index in [9.17, 15) is 12.8 Å². The number of thioether (sulfide) groups is 1. The first-order valence-electron chi connectivity index (χ1n) is 5.33. The highest BCUT2D eigenvalue weighted by Crippen LogP contribution is 2.25. The molecular weight excluding hydrogens is 261 g/mol. The number of rotatable bonds is 6. The fourth-order valence-corrected chi connectivity index (χ4v) is 4.13. The van der Waals surface area contributed by atoms with Crippen LogP contribution in [0.1, 0.15) is 13.3 Å². The number of hydrogen-bond donors (Lipinski definition) is 1. The molecule has 0 aliphatic rings. The van der Waals surface area contributed by atoms with Crippen molar-refractivity contribution in [3.8, 4) is 0 Å². The molecule has 3 nitrogen and oxygen atoms in total. The summed E-state index contributed by atoms with van der Waals surface area (Å²) in [4.78, 5) is 0.720. The van der Waals surface area contributed by atoms with Gasteiger partial charge in [0, 0.05) is 22.1 Å². The van der Waals surface area contributed by atoms with Crippen LogP contribution in [0.5, 0.6) is 0 Å². The third kappa shape index (κ3) is 4.95. The summed E-state index contributed by atoms with van der Waals surface area (Å²) in [5.41, 5.74) is 5.97. The van der Waals surface area contributed by atoms with Crippen LogP contribution in [0.4, 0.5) is 10.1 Å². The smallest absolute Gasteiger partial charge is 0.151 e. The number of nitrogens with two attached hydrogens (primary N) is 1. The lowest BCUT2D eigenvalue weighted by Gasteiger charge is -2.05. The van der Waals surface area contributed by atoms with Crippen molar-refractivity contribution >= 4 is 27.3 Å². The molecule has 6 heteroatoms. The fourth-order valence-electron chi connectivity index (χ4n) is 1.34. The van der Waals surface area contributed by atoms with E-state index in [0.29, 0.717) is 17.9 Å². The van der Waals surface area contributed by atoms with Crippen LogP contribution in [-0.2, 0) is 9.84 Å². The van der Waals surface area contributed by atoms with Gasteiger partial charge in [-0.05, 0) is 24.6 Å². The van der Waals surface area contributed by atoms with E-state index in [0.717, 1.165) is 4.90 Å². The minimum absolute atomic E-state index is 0.127. The highest BCUT2D eigenvalue weighted by Gasteiger charge is 2.10. The first-order valence-corrected chi connectivity index (χ1v) is 8.13. The Morgan fingerprint density at radius 2 is 2.06 bits per heavy atom. The number of anilines is 1. The zero-order chi connectivity index (χ0) is 12.9. The van der Waals surface area contributed by atoms with Crippen molar-refractivity contribution in [2.24, 2.45) is 0 Å². The molecule has 0 atom stereocenters. The number of sulfone groups is 1. The predicted molar refractivity (Wildman–Crippen MR) is 70.5 cm³/mol. The summed E-state index contributed by atoms with van der Waals surface area (Å²) in [6.45, 7) is 1.84. The van der Waals surface area contributed by atoms with Gasteiger partial charge in [-0.25, -0.2) is 12.8 Å². The Kier molecular flexibility index (Phi) is 5.27. The summed E-state index contributed by atoms with van der Waals surface area (Å²) in [5.74, 6) is 0.401. The third-order valence-corrected chi connectivity index (χ3v) is 5.34. The Morgan fingerprint density at radius 1 is 1.35 bits per heavy atom. The second kappa shape index (κ2) is 6.26. The number of benzene rings is 1. The van der Waals surface area contributed by atoms with E-state index in [1.54, 1.807) is 6.07 Å². The molecule has 96 valence electrons. The molecule has 0 unspecified atom stereocenters. The van der Waals surface area contributed by atoms with Gasteiger partial charge in [-0.15, -0.1) is 11.8 Å². The summed E-state index contributed by atoms with van der Waals surface area (Å²) < 4.78 is 35.7. The van der Waals surface area contributed by atoms with Crippen molar-refractivity contribution in [1.29, 1.82) is 0 Å². The van der Waals surface area contributed by atoms with E-state index in [-0.39, 0.29) is 17.3 Å². The van der Waals surface area contributed by atoms with Gasteiger partial charge in [0.05, 0.1) is 5.75 Å². The molecule has 0 bridgehead atoms. The van der Waals surface area contributed by atoms with Gasteiger partial charge in [0.25, 0.3) is 0 Å². The highest BCUT2D eigenvalue weighted by molar-refractivity contribution is 8.00. The van der Waals surface area contributed by atoms with E-state index in [4.69, 9.17) is 5.73 Å². The van der Waals surface area contributed by atoms with E-state index in [2.05, 4.69) is 0 Å². The van der Waals surface area contributed by atoms with Crippen LogP contribution in [0, 0.1) is 5.82 Å². The molecule has 1 aromatic carbocycles. The zero-order valence-corrected chi connectivity index (χ0v) is 11.3. The van der Waals surface area contributed by atoms with E-state index in [1.807, 2.05) is 6.92 Å². The third-order valence-electron chi connectivity index (χ3n) is 2.14. The van der Waals surface area contributed by atoms with Crippen LogP contribution in [0.3, 0.4) is 0 Å². The van der Waals surface area contributed by atoms with Gasteiger partial charge in [-0.1, -0.05) is 6.92 Å². The molecule has 0 amide bonds. The van der Waals surface area contributed by atoms with Gasteiger partial charge in [0.1, 0.15) is 5.82 Å². The summed E-state index contributed by atoms with van der Waals surface area (Å²) in [6.07, 6.45) is 0.631. The molecule has 0 aliphatic heterocycles. The molecule has 0 aromatic heterocycles. The van der Waals surface area contributed by atoms with E-state index in [1.165, 1.54) is 23.9 Å². The van der Waals surface area contributed by atoms with Gasteiger partial charge in [0.2, 0.25) is 0 Å². The molecule has 1 aromatic rings. The van der Waals surface area contributed by atoms with Crippen LogP contribution in [0.25, 0.3) is 0 Å². The van der Waals surface area contributed by atoms with Crippen LogP contribution < -0.4 is 5.73 Å². The Balaban J connectivity index is 2.51. The second-order valence-electron chi connectivity index (χ2n) is 3.68. The molecular formula is C11H16FNO2S2. The number of hydrogen-bond acceptors (Lipinski definition) is 4. The SMILES string of the molecule is CCCS(=O)(=O)CCSc1ccc(F)cc1N. The second-order valence-corrected chi connectivity index (χ2v) is 7.12. The lowest BCUT2D eigenvalue weighted by atomic mass is 10.3. The van der Waals surface area contributed by atoms with Crippen molar-refractivity contribution in [2.75, 3.05) is 23.0 Å². The van der Waals surface area contributed by atoms with Crippen molar-refractivity contribution in [3.05, 3.63) is 24.0 Å². The Hall–Kier alpha value is -0.750. The molecule has 0 fully saturated rings. The topological polar surface area (TPSA) is 60.2 Å². The molecule has 0 spiro atoms. The Labute approximate surface area is 106 Å². The molecule has 0 aliphatic carbocycles. The lowest BCUT2D eigenvalue weighted by Crippen LogP contribution is -2.12. The molecule has 0 radical (unpaired) electrons. The van der Waals surface area contributed by atoms with Gasteiger partial charge < -0.3 is 5.73 Å². The van der Waals surface area contributed by atoms with Crippen molar-refractivity contribution in [3.63, 3.8) is 0 Å².